The Kier molecular flexibility index (Phi) is 5.66. The average Bonchev–Trinajstić information content (AvgIpc) is 2.02. The van der Waals surface area contributed by atoms with Crippen molar-refractivity contribution in [3.05, 3.63) is 0 Å². The summed E-state index contributed by atoms with van der Waals surface area (Å²) in [7, 11) is 1.49. The normalized spacial score (nSPS) is 15.3. The fourth-order valence-corrected chi connectivity index (χ4v) is 0.655. The highest BCUT2D eigenvalue weighted by atomic mass is 16.5. The highest BCUT2D eigenvalue weighted by Crippen LogP contribution is 1.89. The topological polar surface area (TPSA) is 58.6 Å². The fraction of sp³-hybridized carbons (Fsp3) is 0.875. The molecule has 2 N–H and O–H groups in total. The van der Waals surface area contributed by atoms with Gasteiger partial charge >= 0.3 is 0 Å². The average molecular weight is 175 g/mol. The molecule has 2 atom stereocenters. The van der Waals surface area contributed by atoms with Crippen LogP contribution in [0.5, 0.6) is 0 Å². The smallest absolute Gasteiger partial charge is 0.248 e. The summed E-state index contributed by atoms with van der Waals surface area (Å²) in [4.78, 5) is 11.0. The lowest BCUT2D eigenvalue weighted by molar-refractivity contribution is -0.130. The lowest BCUT2D eigenvalue weighted by atomic mass is 10.3. The molecule has 2 unspecified atom stereocenters. The van der Waals surface area contributed by atoms with Gasteiger partial charge in [0.25, 0.3) is 0 Å². The summed E-state index contributed by atoms with van der Waals surface area (Å²) in [6.45, 7) is 3.85. The van der Waals surface area contributed by atoms with E-state index in [-0.39, 0.29) is 12.0 Å². The van der Waals surface area contributed by atoms with Gasteiger partial charge in [-0.05, 0) is 20.3 Å². The maximum Gasteiger partial charge on any atom is 0.248 e. The molecule has 0 aromatic carbocycles. The second kappa shape index (κ2) is 5.97. The summed E-state index contributed by atoms with van der Waals surface area (Å²) >= 11 is 0. The zero-order valence-corrected chi connectivity index (χ0v) is 7.83. The fourth-order valence-electron chi connectivity index (χ4n) is 0.655. The van der Waals surface area contributed by atoms with Crippen LogP contribution in [0.4, 0.5) is 0 Å². The Bertz CT molecular complexity index is 136. The first-order chi connectivity index (χ1) is 5.57. The van der Waals surface area contributed by atoms with Crippen LogP contribution in [0.1, 0.15) is 20.3 Å². The van der Waals surface area contributed by atoms with Crippen molar-refractivity contribution in [1.29, 1.82) is 0 Å². The number of hydrogen-bond acceptors (Lipinski definition) is 3. The van der Waals surface area contributed by atoms with E-state index in [9.17, 15) is 4.79 Å². The van der Waals surface area contributed by atoms with E-state index in [1.807, 2.05) is 0 Å². The minimum atomic E-state index is -0.418. The van der Waals surface area contributed by atoms with Crippen LogP contribution in [0.15, 0.2) is 0 Å². The van der Waals surface area contributed by atoms with Gasteiger partial charge in [-0.1, -0.05) is 0 Å². The molecule has 0 radical (unpaired) electrons. The van der Waals surface area contributed by atoms with E-state index in [0.717, 1.165) is 0 Å². The van der Waals surface area contributed by atoms with Crippen LogP contribution in [0, 0.1) is 0 Å². The third-order valence-electron chi connectivity index (χ3n) is 1.58. The van der Waals surface area contributed by atoms with Gasteiger partial charge in [-0.25, -0.2) is 0 Å². The number of hydrogen-bond donors (Lipinski definition) is 2. The summed E-state index contributed by atoms with van der Waals surface area (Å²) < 4.78 is 4.79. The van der Waals surface area contributed by atoms with Crippen LogP contribution >= 0.6 is 0 Å². The Morgan fingerprint density at radius 1 is 1.58 bits per heavy atom. The van der Waals surface area contributed by atoms with E-state index < -0.39 is 6.10 Å². The molecule has 0 aliphatic heterocycles. The standard InChI is InChI=1S/C8H17NO3/c1-6(10)4-5-9-8(11)7(2)12-3/h6-7,10H,4-5H2,1-3H3,(H,9,11). The highest BCUT2D eigenvalue weighted by molar-refractivity contribution is 5.80. The molecule has 72 valence electrons. The van der Waals surface area contributed by atoms with Crippen LogP contribution in [0.3, 0.4) is 0 Å². The summed E-state index contributed by atoms with van der Waals surface area (Å²) in [6.07, 6.45) is -0.218. The predicted octanol–water partition coefficient (Wildman–Crippen LogP) is -0.0916. The number of amides is 1. The maximum absolute atomic E-state index is 11.0. The van der Waals surface area contributed by atoms with Crippen molar-refractivity contribution in [2.24, 2.45) is 0 Å². The van der Waals surface area contributed by atoms with Gasteiger partial charge < -0.3 is 15.2 Å². The number of ether oxygens (including phenoxy) is 1. The van der Waals surface area contributed by atoms with Crippen LogP contribution in [-0.4, -0.2) is 36.9 Å². The van der Waals surface area contributed by atoms with Crippen molar-refractivity contribution in [3.8, 4) is 0 Å². The van der Waals surface area contributed by atoms with Gasteiger partial charge in [0.05, 0.1) is 6.10 Å². The third-order valence-corrected chi connectivity index (χ3v) is 1.58. The quantitative estimate of drug-likeness (QED) is 0.614. The van der Waals surface area contributed by atoms with Gasteiger partial charge in [0.1, 0.15) is 6.10 Å². The summed E-state index contributed by atoms with van der Waals surface area (Å²) in [5.74, 6) is -0.141. The molecule has 12 heavy (non-hydrogen) atoms. The number of methoxy groups -OCH3 is 1. The lowest BCUT2D eigenvalue weighted by Crippen LogP contribution is -2.35. The summed E-state index contributed by atoms with van der Waals surface area (Å²) in [5, 5.41) is 11.5. The van der Waals surface area contributed by atoms with E-state index in [1.54, 1.807) is 13.8 Å². The van der Waals surface area contributed by atoms with Gasteiger partial charge in [-0.3, -0.25) is 4.79 Å². The highest BCUT2D eigenvalue weighted by Gasteiger charge is 2.09. The Hall–Kier alpha value is -0.610. The van der Waals surface area contributed by atoms with Crippen LogP contribution in [0.2, 0.25) is 0 Å². The second-order valence-corrected chi connectivity index (χ2v) is 2.81. The number of aliphatic hydroxyl groups is 1. The van der Waals surface area contributed by atoms with Gasteiger partial charge in [0.15, 0.2) is 0 Å². The molecule has 0 aromatic rings. The number of nitrogens with one attached hydrogen (secondary N) is 1. The minimum absolute atomic E-state index is 0.141. The molecule has 0 bridgehead atoms. The molecule has 0 saturated carbocycles. The molecule has 0 aromatic heterocycles. The van der Waals surface area contributed by atoms with Crippen molar-refractivity contribution < 1.29 is 14.6 Å². The van der Waals surface area contributed by atoms with Crippen molar-refractivity contribution >= 4 is 5.91 Å². The molecular formula is C8H17NO3. The first kappa shape index (κ1) is 11.4. The Labute approximate surface area is 72.9 Å². The van der Waals surface area contributed by atoms with Gasteiger partial charge in [0.2, 0.25) is 5.91 Å². The van der Waals surface area contributed by atoms with Crippen LogP contribution in [-0.2, 0) is 9.53 Å². The molecular weight excluding hydrogens is 158 g/mol. The van der Waals surface area contributed by atoms with Gasteiger partial charge in [-0.2, -0.15) is 0 Å². The molecule has 4 heteroatoms. The zero-order valence-electron chi connectivity index (χ0n) is 7.83. The summed E-state index contributed by atoms with van der Waals surface area (Å²) in [6, 6.07) is 0. The Morgan fingerprint density at radius 2 is 2.17 bits per heavy atom. The first-order valence-corrected chi connectivity index (χ1v) is 4.06. The number of carbonyl (C=O) groups is 1. The number of carbonyl (C=O) groups excluding carboxylic acids is 1. The molecule has 0 saturated heterocycles. The zero-order chi connectivity index (χ0) is 9.56. The predicted molar refractivity (Wildman–Crippen MR) is 45.8 cm³/mol. The molecule has 0 aliphatic rings. The maximum atomic E-state index is 11.0. The second-order valence-electron chi connectivity index (χ2n) is 2.81. The van der Waals surface area contributed by atoms with Crippen molar-refractivity contribution in [2.75, 3.05) is 13.7 Å². The molecule has 0 aliphatic carbocycles. The molecule has 0 spiro atoms. The Morgan fingerprint density at radius 3 is 2.58 bits per heavy atom. The lowest BCUT2D eigenvalue weighted by Gasteiger charge is -2.10. The van der Waals surface area contributed by atoms with E-state index in [2.05, 4.69) is 5.32 Å². The van der Waals surface area contributed by atoms with E-state index in [4.69, 9.17) is 9.84 Å². The van der Waals surface area contributed by atoms with Gasteiger partial charge in [-0.15, -0.1) is 0 Å². The van der Waals surface area contributed by atoms with Crippen molar-refractivity contribution in [2.45, 2.75) is 32.5 Å². The minimum Gasteiger partial charge on any atom is -0.393 e. The van der Waals surface area contributed by atoms with Crippen molar-refractivity contribution in [1.82, 2.24) is 5.32 Å². The van der Waals surface area contributed by atoms with E-state index in [1.165, 1.54) is 7.11 Å². The van der Waals surface area contributed by atoms with Crippen LogP contribution in [0.25, 0.3) is 0 Å². The Balaban J connectivity index is 3.44. The van der Waals surface area contributed by atoms with Crippen molar-refractivity contribution in [3.63, 3.8) is 0 Å². The largest absolute Gasteiger partial charge is 0.393 e. The van der Waals surface area contributed by atoms with Crippen LogP contribution < -0.4 is 5.32 Å². The molecule has 0 fully saturated rings. The first-order valence-electron chi connectivity index (χ1n) is 4.06. The molecule has 0 heterocycles. The SMILES string of the molecule is COC(C)C(=O)NCCC(C)O. The molecule has 4 nitrogen and oxygen atoms in total. The number of rotatable bonds is 5. The van der Waals surface area contributed by atoms with Gasteiger partial charge in [0, 0.05) is 13.7 Å². The summed E-state index contributed by atoms with van der Waals surface area (Å²) in [5.41, 5.74) is 0. The number of aliphatic hydroxyl groups excluding tert-OH is 1. The third kappa shape index (κ3) is 5.09. The molecule has 1 amide bonds. The molecule has 0 rings (SSSR count). The monoisotopic (exact) mass is 175 g/mol. The van der Waals surface area contributed by atoms with E-state index in [0.29, 0.717) is 13.0 Å². The van der Waals surface area contributed by atoms with E-state index >= 15 is 0 Å².